The third kappa shape index (κ3) is 3.21. The minimum atomic E-state index is -0.968. The van der Waals surface area contributed by atoms with Crippen LogP contribution in [-0.4, -0.2) is 52.6 Å². The summed E-state index contributed by atoms with van der Waals surface area (Å²) < 4.78 is 0. The van der Waals surface area contributed by atoms with Crippen molar-refractivity contribution < 1.29 is 14.7 Å². The van der Waals surface area contributed by atoms with Gasteiger partial charge in [0.2, 0.25) is 0 Å². The minimum absolute atomic E-state index is 0.230. The van der Waals surface area contributed by atoms with Gasteiger partial charge in [0.1, 0.15) is 6.04 Å². The summed E-state index contributed by atoms with van der Waals surface area (Å²) in [5.74, 6) is -0.968. The Morgan fingerprint density at radius 3 is 2.65 bits per heavy atom. The Bertz CT molecular complexity index is 428. The molecule has 0 saturated carbocycles. The van der Waals surface area contributed by atoms with Crippen LogP contribution in [0.2, 0.25) is 0 Å². The number of nitrogens with zero attached hydrogens (tertiary/aromatic N) is 3. The summed E-state index contributed by atoms with van der Waals surface area (Å²) in [5, 5.41) is 18.2. The summed E-state index contributed by atoms with van der Waals surface area (Å²) in [7, 11) is 1.62. The molecule has 0 aromatic carbocycles. The maximum atomic E-state index is 12.5. The quantitative estimate of drug-likeness (QED) is 0.856. The molecule has 1 fully saturated rings. The van der Waals surface area contributed by atoms with E-state index < -0.39 is 17.4 Å². The molecular weight excluding hydrogens is 258 g/mol. The zero-order valence-electron chi connectivity index (χ0n) is 12.6. The second-order valence-corrected chi connectivity index (χ2v) is 6.13. The van der Waals surface area contributed by atoms with E-state index >= 15 is 0 Å². The van der Waals surface area contributed by atoms with Gasteiger partial charge in [-0.2, -0.15) is 5.26 Å². The Balaban J connectivity index is 2.95. The van der Waals surface area contributed by atoms with Gasteiger partial charge in [0.25, 0.3) is 0 Å². The first-order valence-electron chi connectivity index (χ1n) is 6.85. The number of hydrogen-bond donors (Lipinski definition) is 1. The third-order valence-electron chi connectivity index (χ3n) is 4.10. The van der Waals surface area contributed by atoms with Crippen molar-refractivity contribution in [3.05, 3.63) is 0 Å². The van der Waals surface area contributed by atoms with Gasteiger partial charge in [-0.05, 0) is 25.2 Å². The van der Waals surface area contributed by atoms with Crippen molar-refractivity contribution in [1.82, 2.24) is 9.80 Å². The van der Waals surface area contributed by atoms with E-state index in [-0.39, 0.29) is 18.5 Å². The van der Waals surface area contributed by atoms with Gasteiger partial charge in [-0.3, -0.25) is 0 Å². The van der Waals surface area contributed by atoms with E-state index in [0.717, 1.165) is 12.8 Å². The van der Waals surface area contributed by atoms with E-state index in [9.17, 15) is 14.7 Å². The molecule has 6 nitrogen and oxygen atoms in total. The summed E-state index contributed by atoms with van der Waals surface area (Å²) in [6, 6.07) is 0.667. The third-order valence-corrected chi connectivity index (χ3v) is 4.10. The Hall–Kier alpha value is -1.77. The maximum Gasteiger partial charge on any atom is 0.327 e. The summed E-state index contributed by atoms with van der Waals surface area (Å²) in [6.07, 6.45) is 1.81. The largest absolute Gasteiger partial charge is 0.480 e. The van der Waals surface area contributed by atoms with E-state index in [1.54, 1.807) is 14.0 Å². The van der Waals surface area contributed by atoms with Gasteiger partial charge in [-0.15, -0.1) is 0 Å². The number of rotatable bonds is 3. The van der Waals surface area contributed by atoms with Crippen molar-refractivity contribution >= 4 is 12.0 Å². The van der Waals surface area contributed by atoms with Crippen LogP contribution in [-0.2, 0) is 4.79 Å². The molecule has 112 valence electrons. The standard InChI is InChI=1S/C14H23N3O3/c1-10(6-8-15)16(4)13(20)17-9-5-7-14(2,3)11(17)12(18)19/h10-11H,5-7,9H2,1-4H3,(H,18,19). The predicted molar refractivity (Wildman–Crippen MR) is 74.0 cm³/mol. The number of piperidine rings is 1. The number of amides is 2. The van der Waals surface area contributed by atoms with Crippen LogP contribution in [0, 0.1) is 16.7 Å². The highest BCUT2D eigenvalue weighted by molar-refractivity contribution is 5.83. The molecule has 0 aliphatic carbocycles. The molecule has 20 heavy (non-hydrogen) atoms. The Labute approximate surface area is 120 Å². The van der Waals surface area contributed by atoms with Crippen LogP contribution in [0.25, 0.3) is 0 Å². The molecule has 0 spiro atoms. The highest BCUT2D eigenvalue weighted by atomic mass is 16.4. The summed E-state index contributed by atoms with van der Waals surface area (Å²) in [6.45, 7) is 5.99. The van der Waals surface area contributed by atoms with Gasteiger partial charge in [-0.25, -0.2) is 9.59 Å². The molecular formula is C14H23N3O3. The van der Waals surface area contributed by atoms with Crippen LogP contribution in [0.5, 0.6) is 0 Å². The molecule has 0 bridgehead atoms. The average Bonchev–Trinajstić information content (AvgIpc) is 2.35. The van der Waals surface area contributed by atoms with Gasteiger partial charge in [0, 0.05) is 19.6 Å². The lowest BCUT2D eigenvalue weighted by molar-refractivity contribution is -0.148. The van der Waals surface area contributed by atoms with Crippen molar-refractivity contribution in [2.75, 3.05) is 13.6 Å². The molecule has 1 rings (SSSR count). The number of hydrogen-bond acceptors (Lipinski definition) is 3. The lowest BCUT2D eigenvalue weighted by Crippen LogP contribution is -2.59. The summed E-state index contributed by atoms with van der Waals surface area (Å²) in [5.41, 5.74) is -0.445. The number of carbonyl (C=O) groups is 2. The zero-order chi connectivity index (χ0) is 15.5. The number of likely N-dealkylation sites (tertiary alicyclic amines) is 1. The van der Waals surface area contributed by atoms with Gasteiger partial charge < -0.3 is 14.9 Å². The monoisotopic (exact) mass is 281 g/mol. The molecule has 1 aliphatic rings. The fraction of sp³-hybridized carbons (Fsp3) is 0.786. The number of carboxylic acids is 1. The van der Waals surface area contributed by atoms with Crippen LogP contribution in [0.1, 0.15) is 40.0 Å². The number of carboxylic acid groups (broad SMARTS) is 1. The van der Waals surface area contributed by atoms with E-state index in [2.05, 4.69) is 0 Å². The van der Waals surface area contributed by atoms with Crippen molar-refractivity contribution in [3.8, 4) is 6.07 Å². The summed E-state index contributed by atoms with van der Waals surface area (Å²) in [4.78, 5) is 26.9. The van der Waals surface area contributed by atoms with Crippen LogP contribution in [0.15, 0.2) is 0 Å². The van der Waals surface area contributed by atoms with Crippen molar-refractivity contribution in [1.29, 1.82) is 5.26 Å². The maximum absolute atomic E-state index is 12.5. The molecule has 1 saturated heterocycles. The average molecular weight is 281 g/mol. The Morgan fingerprint density at radius 2 is 2.15 bits per heavy atom. The van der Waals surface area contributed by atoms with Crippen molar-refractivity contribution in [3.63, 3.8) is 0 Å². The van der Waals surface area contributed by atoms with Crippen molar-refractivity contribution in [2.45, 2.75) is 52.1 Å². The molecule has 2 atom stereocenters. The van der Waals surface area contributed by atoms with E-state index in [1.807, 2.05) is 19.9 Å². The van der Waals surface area contributed by atoms with E-state index in [1.165, 1.54) is 9.80 Å². The molecule has 0 aromatic rings. The molecule has 1 N–H and O–H groups in total. The van der Waals surface area contributed by atoms with Gasteiger partial charge in [0.15, 0.2) is 0 Å². The molecule has 0 aromatic heterocycles. The normalized spacial score (nSPS) is 22.8. The molecule has 6 heteroatoms. The van der Waals surface area contributed by atoms with Gasteiger partial charge in [0.05, 0.1) is 12.5 Å². The summed E-state index contributed by atoms with van der Waals surface area (Å²) >= 11 is 0. The van der Waals surface area contributed by atoms with E-state index in [0.29, 0.717) is 6.54 Å². The highest BCUT2D eigenvalue weighted by Crippen LogP contribution is 2.35. The second kappa shape index (κ2) is 6.12. The number of aliphatic carboxylic acids is 1. The Morgan fingerprint density at radius 1 is 1.55 bits per heavy atom. The molecule has 2 amide bonds. The van der Waals surface area contributed by atoms with Crippen LogP contribution >= 0.6 is 0 Å². The first-order valence-corrected chi connectivity index (χ1v) is 6.85. The van der Waals surface area contributed by atoms with E-state index in [4.69, 9.17) is 5.26 Å². The zero-order valence-corrected chi connectivity index (χ0v) is 12.6. The highest BCUT2D eigenvalue weighted by Gasteiger charge is 2.45. The van der Waals surface area contributed by atoms with Gasteiger partial charge in [-0.1, -0.05) is 13.8 Å². The lowest BCUT2D eigenvalue weighted by Gasteiger charge is -2.45. The molecule has 2 unspecified atom stereocenters. The second-order valence-electron chi connectivity index (χ2n) is 6.13. The van der Waals surface area contributed by atoms with Crippen LogP contribution in [0.3, 0.4) is 0 Å². The minimum Gasteiger partial charge on any atom is -0.480 e. The molecule has 0 radical (unpaired) electrons. The number of urea groups is 1. The topological polar surface area (TPSA) is 84.6 Å². The first kappa shape index (κ1) is 16.3. The molecule has 1 aliphatic heterocycles. The predicted octanol–water partition coefficient (Wildman–Crippen LogP) is 1.92. The number of carbonyl (C=O) groups excluding carboxylic acids is 1. The first-order chi connectivity index (χ1) is 9.22. The molecule has 1 heterocycles. The fourth-order valence-electron chi connectivity index (χ4n) is 2.73. The SMILES string of the molecule is CC(CC#N)N(C)C(=O)N1CCCC(C)(C)C1C(=O)O. The van der Waals surface area contributed by atoms with Crippen LogP contribution in [0.4, 0.5) is 4.79 Å². The smallest absolute Gasteiger partial charge is 0.327 e. The Kier molecular flexibility index (Phi) is 4.98. The van der Waals surface area contributed by atoms with Crippen LogP contribution < -0.4 is 0 Å². The van der Waals surface area contributed by atoms with Crippen molar-refractivity contribution in [2.24, 2.45) is 5.41 Å². The lowest BCUT2D eigenvalue weighted by atomic mass is 9.76. The van der Waals surface area contributed by atoms with Gasteiger partial charge >= 0.3 is 12.0 Å². The number of nitriles is 1. The fourth-order valence-corrected chi connectivity index (χ4v) is 2.73.